The van der Waals surface area contributed by atoms with Crippen molar-refractivity contribution in [2.45, 2.75) is 6.92 Å². The number of aryl methyl sites for hydroxylation is 1. The minimum absolute atomic E-state index is 0.0574. The van der Waals surface area contributed by atoms with E-state index in [1.54, 1.807) is 13.0 Å². The molecule has 3 nitrogen and oxygen atoms in total. The van der Waals surface area contributed by atoms with Crippen LogP contribution in [0.15, 0.2) is 36.4 Å². The quantitative estimate of drug-likeness (QED) is 0.897. The van der Waals surface area contributed by atoms with Crippen molar-refractivity contribution in [1.82, 2.24) is 0 Å². The van der Waals surface area contributed by atoms with E-state index in [9.17, 15) is 13.6 Å². The molecule has 0 heterocycles. The van der Waals surface area contributed by atoms with Crippen molar-refractivity contribution in [3.63, 3.8) is 0 Å². The van der Waals surface area contributed by atoms with Crippen LogP contribution in [0.1, 0.15) is 5.56 Å². The second-order valence-corrected chi connectivity index (χ2v) is 4.92. The molecule has 2 aromatic rings. The van der Waals surface area contributed by atoms with Crippen LogP contribution in [0.4, 0.5) is 20.2 Å². The molecule has 0 radical (unpaired) electrons. The predicted octanol–water partition coefficient (Wildman–Crippen LogP) is 3.98. The van der Waals surface area contributed by atoms with Crippen LogP contribution in [0.3, 0.4) is 0 Å². The Hall–Kier alpha value is -2.14. The maximum atomic E-state index is 13.5. The Kier molecular flexibility index (Phi) is 4.75. The highest BCUT2D eigenvalue weighted by Gasteiger charge is 2.08. The van der Waals surface area contributed by atoms with Gasteiger partial charge in [0.25, 0.3) is 0 Å². The molecule has 2 N–H and O–H groups in total. The number of anilines is 2. The summed E-state index contributed by atoms with van der Waals surface area (Å²) >= 11 is 5.63. The predicted molar refractivity (Wildman–Crippen MR) is 79.7 cm³/mol. The summed E-state index contributed by atoms with van der Waals surface area (Å²) in [4.78, 5) is 11.8. The molecule has 0 aliphatic rings. The number of carbonyl (C=O) groups excluding carboxylic acids is 1. The van der Waals surface area contributed by atoms with Crippen LogP contribution in [-0.2, 0) is 4.79 Å². The average Bonchev–Trinajstić information content (AvgIpc) is 2.41. The Morgan fingerprint density at radius 3 is 2.52 bits per heavy atom. The average molecular weight is 311 g/mol. The summed E-state index contributed by atoms with van der Waals surface area (Å²) in [5.41, 5.74) is 1.38. The molecule has 2 aromatic carbocycles. The molecule has 0 aliphatic carbocycles. The number of carbonyl (C=O) groups is 1. The monoisotopic (exact) mass is 310 g/mol. The lowest BCUT2D eigenvalue weighted by molar-refractivity contribution is -0.114. The third-order valence-corrected chi connectivity index (χ3v) is 3.07. The summed E-state index contributed by atoms with van der Waals surface area (Å²) in [6.07, 6.45) is 0. The van der Waals surface area contributed by atoms with Crippen LogP contribution in [0.2, 0.25) is 5.02 Å². The van der Waals surface area contributed by atoms with Crippen molar-refractivity contribution in [3.8, 4) is 0 Å². The fourth-order valence-electron chi connectivity index (χ4n) is 1.79. The minimum atomic E-state index is -0.603. The molecule has 110 valence electrons. The Morgan fingerprint density at radius 1 is 1.14 bits per heavy atom. The summed E-state index contributed by atoms with van der Waals surface area (Å²) in [5, 5.41) is 5.55. The lowest BCUT2D eigenvalue weighted by Crippen LogP contribution is -2.22. The number of amides is 1. The molecule has 2 rings (SSSR count). The highest BCUT2D eigenvalue weighted by atomic mass is 35.5. The maximum absolute atomic E-state index is 13.5. The molecule has 0 atom stereocenters. The Balaban J connectivity index is 1.96. The molecule has 6 heteroatoms. The molecule has 0 unspecified atom stereocenters. The highest BCUT2D eigenvalue weighted by molar-refractivity contribution is 6.30. The first kappa shape index (κ1) is 15.3. The van der Waals surface area contributed by atoms with Crippen molar-refractivity contribution in [1.29, 1.82) is 0 Å². The van der Waals surface area contributed by atoms with Gasteiger partial charge < -0.3 is 10.6 Å². The fourth-order valence-corrected chi connectivity index (χ4v) is 1.94. The van der Waals surface area contributed by atoms with Gasteiger partial charge in [-0.15, -0.1) is 0 Å². The van der Waals surface area contributed by atoms with Crippen molar-refractivity contribution >= 4 is 28.9 Å². The topological polar surface area (TPSA) is 41.1 Å². The van der Waals surface area contributed by atoms with Gasteiger partial charge in [0, 0.05) is 10.7 Å². The largest absolute Gasteiger partial charge is 0.376 e. The fraction of sp³-hybridized carbons (Fsp3) is 0.133. The van der Waals surface area contributed by atoms with E-state index < -0.39 is 11.7 Å². The molecule has 1 amide bonds. The number of benzene rings is 2. The van der Waals surface area contributed by atoms with E-state index in [0.717, 1.165) is 6.07 Å². The Morgan fingerprint density at radius 2 is 1.86 bits per heavy atom. The van der Waals surface area contributed by atoms with Crippen LogP contribution < -0.4 is 10.6 Å². The van der Waals surface area contributed by atoms with E-state index in [-0.39, 0.29) is 23.1 Å². The van der Waals surface area contributed by atoms with Crippen molar-refractivity contribution < 1.29 is 13.6 Å². The molecule has 21 heavy (non-hydrogen) atoms. The first-order valence-electron chi connectivity index (χ1n) is 6.20. The van der Waals surface area contributed by atoms with Crippen LogP contribution in [-0.4, -0.2) is 12.5 Å². The number of rotatable bonds is 4. The van der Waals surface area contributed by atoms with Gasteiger partial charge in [-0.2, -0.15) is 0 Å². The third kappa shape index (κ3) is 4.16. The van der Waals surface area contributed by atoms with E-state index in [4.69, 9.17) is 11.6 Å². The van der Waals surface area contributed by atoms with Crippen molar-refractivity contribution in [2.75, 3.05) is 17.2 Å². The number of nitrogens with one attached hydrogen (secondary N) is 2. The second kappa shape index (κ2) is 6.54. The standard InChI is InChI=1S/C15H13ClF2N2O/c1-9-6-11(17)3-5-13(9)19-8-15(21)20-14-4-2-10(16)7-12(14)18/h2-7,19H,8H2,1H3,(H,20,21). The van der Waals surface area contributed by atoms with E-state index in [1.165, 1.54) is 24.3 Å². The van der Waals surface area contributed by atoms with Gasteiger partial charge in [-0.3, -0.25) is 4.79 Å². The van der Waals surface area contributed by atoms with E-state index in [2.05, 4.69) is 10.6 Å². The molecular weight excluding hydrogens is 298 g/mol. The molecule has 0 fully saturated rings. The Labute approximate surface area is 125 Å². The summed E-state index contributed by atoms with van der Waals surface area (Å²) in [6.45, 7) is 1.66. The van der Waals surface area contributed by atoms with Gasteiger partial charge in [-0.05, 0) is 48.9 Å². The molecule has 0 saturated heterocycles. The van der Waals surface area contributed by atoms with Gasteiger partial charge in [0.15, 0.2) is 0 Å². The summed E-state index contributed by atoms with van der Waals surface area (Å²) in [6, 6.07) is 8.19. The normalized spacial score (nSPS) is 10.3. The van der Waals surface area contributed by atoms with Gasteiger partial charge in [0.1, 0.15) is 11.6 Å². The van der Waals surface area contributed by atoms with Crippen LogP contribution in [0.5, 0.6) is 0 Å². The van der Waals surface area contributed by atoms with Gasteiger partial charge in [0.2, 0.25) is 5.91 Å². The van der Waals surface area contributed by atoms with E-state index in [0.29, 0.717) is 11.3 Å². The first-order valence-corrected chi connectivity index (χ1v) is 6.58. The van der Waals surface area contributed by atoms with Gasteiger partial charge >= 0.3 is 0 Å². The van der Waals surface area contributed by atoms with Gasteiger partial charge in [-0.25, -0.2) is 8.78 Å². The second-order valence-electron chi connectivity index (χ2n) is 4.49. The molecule has 0 saturated carbocycles. The highest BCUT2D eigenvalue weighted by Crippen LogP contribution is 2.19. The summed E-state index contributed by atoms with van der Waals surface area (Å²) in [7, 11) is 0. The SMILES string of the molecule is Cc1cc(F)ccc1NCC(=O)Nc1ccc(Cl)cc1F. The zero-order valence-electron chi connectivity index (χ0n) is 11.2. The number of hydrogen-bond donors (Lipinski definition) is 2. The summed E-state index contributed by atoms with van der Waals surface area (Å²) in [5.74, 6) is -1.36. The minimum Gasteiger partial charge on any atom is -0.376 e. The number of hydrogen-bond acceptors (Lipinski definition) is 2. The molecular formula is C15H13ClF2N2O. The van der Waals surface area contributed by atoms with E-state index in [1.807, 2.05) is 0 Å². The summed E-state index contributed by atoms with van der Waals surface area (Å²) < 4.78 is 26.5. The van der Waals surface area contributed by atoms with Crippen molar-refractivity contribution in [2.24, 2.45) is 0 Å². The van der Waals surface area contributed by atoms with E-state index >= 15 is 0 Å². The smallest absolute Gasteiger partial charge is 0.243 e. The molecule has 0 aromatic heterocycles. The van der Waals surface area contributed by atoms with Gasteiger partial charge in [0.05, 0.1) is 12.2 Å². The third-order valence-electron chi connectivity index (χ3n) is 2.83. The maximum Gasteiger partial charge on any atom is 0.243 e. The molecule has 0 spiro atoms. The molecule has 0 bridgehead atoms. The zero-order valence-corrected chi connectivity index (χ0v) is 12.0. The molecule has 0 aliphatic heterocycles. The van der Waals surface area contributed by atoms with Crippen LogP contribution in [0.25, 0.3) is 0 Å². The zero-order chi connectivity index (χ0) is 15.4. The first-order chi connectivity index (χ1) is 9.95. The lowest BCUT2D eigenvalue weighted by Gasteiger charge is -2.10. The van der Waals surface area contributed by atoms with Gasteiger partial charge in [-0.1, -0.05) is 11.6 Å². The van der Waals surface area contributed by atoms with Crippen molar-refractivity contribution in [3.05, 3.63) is 58.6 Å². The Bertz CT molecular complexity index is 677. The van der Waals surface area contributed by atoms with Crippen LogP contribution >= 0.6 is 11.6 Å². The number of halogens is 3. The van der Waals surface area contributed by atoms with Crippen LogP contribution in [0, 0.1) is 18.6 Å². The lowest BCUT2D eigenvalue weighted by atomic mass is 10.2.